The topological polar surface area (TPSA) is 38.7 Å². The molecule has 1 saturated carbocycles. The molecule has 0 aliphatic heterocycles. The van der Waals surface area contributed by atoms with Gasteiger partial charge in [-0.05, 0) is 76.1 Å². The number of carbonyl (C=O) groups excluding carboxylic acids is 1. The Hall–Kier alpha value is -1.07. The van der Waals surface area contributed by atoms with Crippen LogP contribution >= 0.6 is 23.5 Å². The largest absolute Gasteiger partial charge is 0.466 e. The molecule has 0 radical (unpaired) electrons. The van der Waals surface area contributed by atoms with Crippen LogP contribution in [0.25, 0.3) is 0 Å². The van der Waals surface area contributed by atoms with Gasteiger partial charge in [-0.25, -0.2) is 8.79 Å². The maximum absolute atomic E-state index is 14.9. The van der Waals surface area contributed by atoms with Gasteiger partial charge in [-0.1, -0.05) is 11.6 Å². The maximum atomic E-state index is 14.9. The maximum Gasteiger partial charge on any atom is 0.311 e. The molecule has 0 unspecified atom stereocenters. The minimum atomic E-state index is -0.418. The number of nitrogens with zero attached hydrogens (tertiary/aromatic N) is 1. The van der Waals surface area contributed by atoms with Gasteiger partial charge in [0.2, 0.25) is 0 Å². The van der Waals surface area contributed by atoms with Crippen LogP contribution in [0.4, 0.5) is 4.39 Å². The van der Waals surface area contributed by atoms with Gasteiger partial charge in [-0.2, -0.15) is 0 Å². The summed E-state index contributed by atoms with van der Waals surface area (Å²) in [5.74, 6) is -0.515. The van der Waals surface area contributed by atoms with Crippen LogP contribution in [0.3, 0.4) is 0 Å². The van der Waals surface area contributed by atoms with Crippen LogP contribution < -0.4 is 0 Å². The summed E-state index contributed by atoms with van der Waals surface area (Å²) in [6.07, 6.45) is 1.87. The van der Waals surface area contributed by atoms with Gasteiger partial charge in [0.1, 0.15) is 5.82 Å². The minimum Gasteiger partial charge on any atom is -0.466 e. The van der Waals surface area contributed by atoms with E-state index >= 15 is 0 Å². The van der Waals surface area contributed by atoms with Crippen molar-refractivity contribution < 1.29 is 13.9 Å². The Morgan fingerprint density at radius 3 is 2.62 bits per heavy atom. The fourth-order valence-corrected chi connectivity index (χ4v) is 3.00. The van der Waals surface area contributed by atoms with E-state index in [-0.39, 0.29) is 29.5 Å². The summed E-state index contributed by atoms with van der Waals surface area (Å²) in [5.41, 5.74) is 1.29. The highest BCUT2D eigenvalue weighted by Crippen LogP contribution is 2.43. The highest BCUT2D eigenvalue weighted by atomic mass is 35.5. The minimum absolute atomic E-state index is 0.0711. The number of ether oxygens (including phenoxy) is 1. The fraction of sp³-hybridized carbons (Fsp3) is 0.556. The van der Waals surface area contributed by atoms with E-state index in [1.165, 1.54) is 11.9 Å². The van der Waals surface area contributed by atoms with E-state index in [2.05, 4.69) is 4.40 Å². The van der Waals surface area contributed by atoms with Crippen LogP contribution in [-0.4, -0.2) is 23.0 Å². The molecule has 6 heteroatoms. The number of carbonyl (C=O) groups is 1. The fourth-order valence-electron chi connectivity index (χ4n) is 2.23. The highest BCUT2D eigenvalue weighted by Gasteiger charge is 2.29. The van der Waals surface area contributed by atoms with Crippen molar-refractivity contribution in [3.05, 3.63) is 34.1 Å². The molecule has 132 valence electrons. The van der Waals surface area contributed by atoms with Crippen molar-refractivity contribution >= 4 is 35.2 Å². The van der Waals surface area contributed by atoms with Gasteiger partial charge in [0.05, 0.1) is 18.7 Å². The quantitative estimate of drug-likeness (QED) is 0.374. The molecule has 1 aromatic carbocycles. The van der Waals surface area contributed by atoms with Crippen LogP contribution in [0, 0.1) is 5.82 Å². The van der Waals surface area contributed by atoms with Crippen LogP contribution in [0.2, 0.25) is 5.02 Å². The number of halogens is 2. The molecular weight excluding hydrogens is 349 g/mol. The lowest BCUT2D eigenvalue weighted by atomic mass is 10.0. The van der Waals surface area contributed by atoms with E-state index in [4.69, 9.17) is 16.3 Å². The molecule has 1 fully saturated rings. The zero-order valence-corrected chi connectivity index (χ0v) is 16.1. The SMILES string of the molecule is CCOC(=O)CC(=NSC(C)(C)C)c1cc(Cl)cc(C2CC2)c1F. The zero-order chi connectivity index (χ0) is 17.9. The molecule has 0 bridgehead atoms. The lowest BCUT2D eigenvalue weighted by Crippen LogP contribution is -2.15. The number of esters is 1. The van der Waals surface area contributed by atoms with E-state index in [0.29, 0.717) is 21.9 Å². The Morgan fingerprint density at radius 2 is 2.08 bits per heavy atom. The van der Waals surface area contributed by atoms with E-state index < -0.39 is 5.97 Å². The number of hydrogen-bond donors (Lipinski definition) is 0. The molecule has 0 amide bonds. The zero-order valence-electron chi connectivity index (χ0n) is 14.5. The lowest BCUT2D eigenvalue weighted by molar-refractivity contribution is -0.141. The summed E-state index contributed by atoms with van der Waals surface area (Å²) in [7, 11) is 0. The predicted molar refractivity (Wildman–Crippen MR) is 98.5 cm³/mol. The van der Waals surface area contributed by atoms with Gasteiger partial charge in [0.25, 0.3) is 0 Å². The van der Waals surface area contributed by atoms with Gasteiger partial charge in [-0.15, -0.1) is 0 Å². The molecule has 1 aliphatic carbocycles. The number of benzene rings is 1. The second-order valence-corrected chi connectivity index (χ2v) is 8.88. The molecule has 0 atom stereocenters. The van der Waals surface area contributed by atoms with Gasteiger partial charge in [0.15, 0.2) is 0 Å². The standard InChI is InChI=1S/C18H23ClFNO2S/c1-5-23-16(22)10-15(21-24-18(2,3)4)14-9-12(19)8-13(17(14)20)11-6-7-11/h8-9,11H,5-7,10H2,1-4H3. The first kappa shape index (κ1) is 19.3. The number of rotatable bonds is 6. The Balaban J connectivity index is 2.40. The third-order valence-corrected chi connectivity index (χ3v) is 4.52. The second-order valence-electron chi connectivity index (χ2n) is 6.85. The first-order valence-electron chi connectivity index (χ1n) is 8.11. The molecule has 24 heavy (non-hydrogen) atoms. The summed E-state index contributed by atoms with van der Waals surface area (Å²) >= 11 is 7.49. The van der Waals surface area contributed by atoms with Crippen molar-refractivity contribution in [2.45, 2.75) is 57.6 Å². The average molecular weight is 372 g/mol. The highest BCUT2D eigenvalue weighted by molar-refractivity contribution is 7.99. The van der Waals surface area contributed by atoms with E-state index in [0.717, 1.165) is 12.8 Å². The van der Waals surface area contributed by atoms with Gasteiger partial charge in [-0.3, -0.25) is 4.79 Å². The molecular formula is C18H23ClFNO2S. The van der Waals surface area contributed by atoms with Crippen molar-refractivity contribution in [1.29, 1.82) is 0 Å². The molecule has 0 spiro atoms. The van der Waals surface area contributed by atoms with Crippen LogP contribution in [-0.2, 0) is 9.53 Å². The van der Waals surface area contributed by atoms with Crippen molar-refractivity contribution in [1.82, 2.24) is 0 Å². The smallest absolute Gasteiger partial charge is 0.311 e. The lowest BCUT2D eigenvalue weighted by Gasteiger charge is -2.16. The summed E-state index contributed by atoms with van der Waals surface area (Å²) in [4.78, 5) is 11.9. The second kappa shape index (κ2) is 7.87. The van der Waals surface area contributed by atoms with Crippen LogP contribution in [0.5, 0.6) is 0 Å². The van der Waals surface area contributed by atoms with Crippen molar-refractivity contribution in [2.75, 3.05) is 6.61 Å². The number of hydrogen-bond acceptors (Lipinski definition) is 4. The summed E-state index contributed by atoms with van der Waals surface area (Å²) in [6, 6.07) is 3.22. The van der Waals surface area contributed by atoms with Crippen molar-refractivity contribution in [2.24, 2.45) is 4.40 Å². The van der Waals surface area contributed by atoms with Crippen molar-refractivity contribution in [3.63, 3.8) is 0 Å². The van der Waals surface area contributed by atoms with Gasteiger partial charge < -0.3 is 4.74 Å². The van der Waals surface area contributed by atoms with Gasteiger partial charge >= 0.3 is 5.97 Å². The van der Waals surface area contributed by atoms with Crippen LogP contribution in [0.15, 0.2) is 16.5 Å². The van der Waals surface area contributed by atoms with Crippen molar-refractivity contribution in [3.8, 4) is 0 Å². The van der Waals surface area contributed by atoms with Crippen LogP contribution in [0.1, 0.15) is 64.0 Å². The Morgan fingerprint density at radius 1 is 1.42 bits per heavy atom. The monoisotopic (exact) mass is 371 g/mol. The molecule has 2 rings (SSSR count). The first-order chi connectivity index (χ1) is 11.2. The van der Waals surface area contributed by atoms with E-state index in [9.17, 15) is 9.18 Å². The molecule has 1 aliphatic rings. The summed E-state index contributed by atoms with van der Waals surface area (Å²) < 4.78 is 24.2. The molecule has 1 aromatic rings. The Bertz CT molecular complexity index is 651. The van der Waals surface area contributed by atoms with E-state index in [1.807, 2.05) is 20.8 Å². The Labute approximate surface area is 152 Å². The molecule has 0 heterocycles. The molecule has 0 saturated heterocycles. The Kier molecular flexibility index (Phi) is 6.32. The third kappa shape index (κ3) is 5.49. The molecule has 3 nitrogen and oxygen atoms in total. The first-order valence-corrected chi connectivity index (χ1v) is 9.26. The van der Waals surface area contributed by atoms with Gasteiger partial charge in [0, 0.05) is 15.3 Å². The normalized spacial score (nSPS) is 15.5. The summed E-state index contributed by atoms with van der Waals surface area (Å²) in [5, 5.41) is 0.464. The molecule has 0 aromatic heterocycles. The molecule has 0 N–H and O–H groups in total. The summed E-state index contributed by atoms with van der Waals surface area (Å²) in [6.45, 7) is 8.04. The average Bonchev–Trinajstić information content (AvgIpc) is 3.29. The third-order valence-electron chi connectivity index (χ3n) is 3.44. The van der Waals surface area contributed by atoms with E-state index in [1.54, 1.807) is 19.1 Å². The predicted octanol–water partition coefficient (Wildman–Crippen LogP) is 5.55.